The SMILES string of the molecule is COc1cccc(-c2noc(CSc3nnc(-c4cccc(OC)c4)n3-c3ccccc3)n2)c1. The van der Waals surface area contributed by atoms with Gasteiger partial charge in [-0.15, -0.1) is 10.2 Å². The van der Waals surface area contributed by atoms with E-state index in [-0.39, 0.29) is 0 Å². The molecule has 0 bridgehead atoms. The van der Waals surface area contributed by atoms with E-state index in [0.29, 0.717) is 22.6 Å². The Morgan fingerprint density at radius 3 is 2.26 bits per heavy atom. The fourth-order valence-electron chi connectivity index (χ4n) is 3.44. The standard InChI is InChI=1S/C25H21N5O3S/c1-31-20-12-6-8-17(14-20)23-26-22(33-29-23)16-34-25-28-27-24(18-9-7-13-21(15-18)32-2)30(25)19-10-4-3-5-11-19/h3-15H,16H2,1-2H3. The molecule has 9 heteroatoms. The van der Waals surface area contributed by atoms with Gasteiger partial charge in [-0.05, 0) is 36.4 Å². The van der Waals surface area contributed by atoms with Crippen LogP contribution in [0.1, 0.15) is 5.89 Å². The second kappa shape index (κ2) is 9.80. The molecule has 0 saturated carbocycles. The smallest absolute Gasteiger partial charge is 0.237 e. The highest BCUT2D eigenvalue weighted by Crippen LogP contribution is 2.31. The van der Waals surface area contributed by atoms with Crippen molar-refractivity contribution in [2.75, 3.05) is 14.2 Å². The predicted molar refractivity (Wildman–Crippen MR) is 129 cm³/mol. The molecule has 0 spiro atoms. The van der Waals surface area contributed by atoms with Crippen molar-refractivity contribution < 1.29 is 14.0 Å². The Kier molecular flexibility index (Phi) is 6.26. The van der Waals surface area contributed by atoms with Crippen LogP contribution < -0.4 is 9.47 Å². The van der Waals surface area contributed by atoms with Gasteiger partial charge in [0.05, 0.1) is 20.0 Å². The molecule has 0 unspecified atom stereocenters. The normalized spacial score (nSPS) is 10.9. The molecule has 170 valence electrons. The van der Waals surface area contributed by atoms with Crippen molar-refractivity contribution in [3.8, 4) is 40.0 Å². The van der Waals surface area contributed by atoms with Crippen LogP contribution in [0.4, 0.5) is 0 Å². The lowest BCUT2D eigenvalue weighted by molar-refractivity contribution is 0.391. The number of benzene rings is 3. The van der Waals surface area contributed by atoms with Crippen LogP contribution in [0.5, 0.6) is 11.5 Å². The summed E-state index contributed by atoms with van der Waals surface area (Å²) in [6.45, 7) is 0. The molecular formula is C25H21N5O3S. The van der Waals surface area contributed by atoms with E-state index >= 15 is 0 Å². The molecular weight excluding hydrogens is 450 g/mol. The molecule has 34 heavy (non-hydrogen) atoms. The quantitative estimate of drug-likeness (QED) is 0.282. The second-order valence-corrected chi connectivity index (χ2v) is 8.18. The summed E-state index contributed by atoms with van der Waals surface area (Å²) in [6, 6.07) is 25.3. The molecule has 3 aromatic carbocycles. The highest BCUT2D eigenvalue weighted by Gasteiger charge is 2.18. The van der Waals surface area contributed by atoms with Crippen molar-refractivity contribution >= 4 is 11.8 Å². The van der Waals surface area contributed by atoms with E-state index in [4.69, 9.17) is 14.0 Å². The van der Waals surface area contributed by atoms with Crippen molar-refractivity contribution in [2.24, 2.45) is 0 Å². The molecule has 2 heterocycles. The summed E-state index contributed by atoms with van der Waals surface area (Å²) >= 11 is 1.47. The number of hydrogen-bond acceptors (Lipinski definition) is 8. The van der Waals surface area contributed by atoms with Gasteiger partial charge < -0.3 is 14.0 Å². The van der Waals surface area contributed by atoms with Gasteiger partial charge >= 0.3 is 0 Å². The van der Waals surface area contributed by atoms with Crippen LogP contribution in [0.15, 0.2) is 88.5 Å². The first-order valence-corrected chi connectivity index (χ1v) is 11.5. The van der Waals surface area contributed by atoms with Gasteiger partial charge in [0, 0.05) is 16.8 Å². The largest absolute Gasteiger partial charge is 0.497 e. The third-order valence-electron chi connectivity index (χ3n) is 5.10. The monoisotopic (exact) mass is 471 g/mol. The van der Waals surface area contributed by atoms with Crippen molar-refractivity contribution in [3.05, 3.63) is 84.8 Å². The number of hydrogen-bond donors (Lipinski definition) is 0. The molecule has 5 rings (SSSR count). The van der Waals surface area contributed by atoms with E-state index in [1.807, 2.05) is 83.4 Å². The first-order valence-electron chi connectivity index (χ1n) is 10.5. The van der Waals surface area contributed by atoms with Crippen molar-refractivity contribution in [3.63, 3.8) is 0 Å². The fourth-order valence-corrected chi connectivity index (χ4v) is 4.23. The van der Waals surface area contributed by atoms with Crippen molar-refractivity contribution in [1.82, 2.24) is 24.9 Å². The molecule has 8 nitrogen and oxygen atoms in total. The molecule has 0 aliphatic carbocycles. The van der Waals surface area contributed by atoms with E-state index in [1.54, 1.807) is 14.2 Å². The molecule has 0 N–H and O–H groups in total. The molecule has 2 aromatic heterocycles. The van der Waals surface area contributed by atoms with E-state index in [2.05, 4.69) is 20.3 Å². The lowest BCUT2D eigenvalue weighted by Crippen LogP contribution is -2.00. The van der Waals surface area contributed by atoms with Gasteiger partial charge in [0.1, 0.15) is 11.5 Å². The van der Waals surface area contributed by atoms with Crippen molar-refractivity contribution in [2.45, 2.75) is 10.9 Å². The summed E-state index contributed by atoms with van der Waals surface area (Å²) in [4.78, 5) is 4.53. The van der Waals surface area contributed by atoms with E-state index in [0.717, 1.165) is 34.1 Å². The van der Waals surface area contributed by atoms with Gasteiger partial charge in [-0.2, -0.15) is 4.98 Å². The Morgan fingerprint density at radius 2 is 1.53 bits per heavy atom. The minimum Gasteiger partial charge on any atom is -0.497 e. The highest BCUT2D eigenvalue weighted by atomic mass is 32.2. The van der Waals surface area contributed by atoms with Crippen LogP contribution in [0.25, 0.3) is 28.5 Å². The molecule has 0 aliphatic heterocycles. The topological polar surface area (TPSA) is 88.1 Å². The van der Waals surface area contributed by atoms with E-state index in [1.165, 1.54) is 11.8 Å². The molecule has 0 fully saturated rings. The van der Waals surface area contributed by atoms with Crippen LogP contribution in [0, 0.1) is 0 Å². The summed E-state index contributed by atoms with van der Waals surface area (Å²) in [5, 5.41) is 13.8. The number of methoxy groups -OCH3 is 2. The fraction of sp³-hybridized carbons (Fsp3) is 0.120. The molecule has 0 amide bonds. The maximum Gasteiger partial charge on any atom is 0.237 e. The third kappa shape index (κ3) is 4.51. The molecule has 0 atom stereocenters. The zero-order valence-corrected chi connectivity index (χ0v) is 19.4. The van der Waals surface area contributed by atoms with Gasteiger partial charge in [0.25, 0.3) is 0 Å². The number of nitrogens with zero attached hydrogens (tertiary/aromatic N) is 5. The maximum atomic E-state index is 5.48. The third-order valence-corrected chi connectivity index (χ3v) is 6.01. The lowest BCUT2D eigenvalue weighted by Gasteiger charge is -2.10. The Balaban J connectivity index is 1.43. The molecule has 0 saturated heterocycles. The van der Waals surface area contributed by atoms with Gasteiger partial charge in [-0.3, -0.25) is 4.57 Å². The minimum absolute atomic E-state index is 0.444. The summed E-state index contributed by atoms with van der Waals surface area (Å²) in [5.41, 5.74) is 2.68. The number of ether oxygens (including phenoxy) is 2. The Labute approximate surface area is 200 Å². The summed E-state index contributed by atoms with van der Waals surface area (Å²) in [5.74, 6) is 3.66. The Hall–Kier alpha value is -4.11. The van der Waals surface area contributed by atoms with E-state index < -0.39 is 0 Å². The molecule has 5 aromatic rings. The van der Waals surface area contributed by atoms with Crippen LogP contribution in [-0.4, -0.2) is 39.1 Å². The number of rotatable bonds is 8. The zero-order valence-electron chi connectivity index (χ0n) is 18.6. The number of para-hydroxylation sites is 1. The predicted octanol–water partition coefficient (Wildman–Crippen LogP) is 5.29. The number of aromatic nitrogens is 5. The van der Waals surface area contributed by atoms with Gasteiger partial charge in [0.2, 0.25) is 11.7 Å². The van der Waals surface area contributed by atoms with Crippen LogP contribution in [-0.2, 0) is 5.75 Å². The van der Waals surface area contributed by atoms with Gasteiger partial charge in [-0.1, -0.05) is 59.4 Å². The zero-order chi connectivity index (χ0) is 23.3. The molecule has 0 aliphatic rings. The Morgan fingerprint density at radius 1 is 0.824 bits per heavy atom. The first kappa shape index (κ1) is 21.7. The highest BCUT2D eigenvalue weighted by molar-refractivity contribution is 7.98. The van der Waals surface area contributed by atoms with E-state index in [9.17, 15) is 0 Å². The van der Waals surface area contributed by atoms with Crippen LogP contribution >= 0.6 is 11.8 Å². The molecule has 0 radical (unpaired) electrons. The van der Waals surface area contributed by atoms with Crippen LogP contribution in [0.3, 0.4) is 0 Å². The summed E-state index contributed by atoms with van der Waals surface area (Å²) < 4.78 is 18.2. The van der Waals surface area contributed by atoms with Gasteiger partial charge in [0.15, 0.2) is 11.0 Å². The average molecular weight is 472 g/mol. The Bertz CT molecular complexity index is 1400. The minimum atomic E-state index is 0.444. The maximum absolute atomic E-state index is 5.48. The number of thioether (sulfide) groups is 1. The summed E-state index contributed by atoms with van der Waals surface area (Å²) in [7, 11) is 3.27. The van der Waals surface area contributed by atoms with Gasteiger partial charge in [-0.25, -0.2) is 0 Å². The lowest BCUT2D eigenvalue weighted by atomic mass is 10.2. The average Bonchev–Trinajstić information content (AvgIpc) is 3.55. The van der Waals surface area contributed by atoms with Crippen LogP contribution in [0.2, 0.25) is 0 Å². The summed E-state index contributed by atoms with van der Waals surface area (Å²) in [6.07, 6.45) is 0. The first-order chi connectivity index (χ1) is 16.7. The second-order valence-electron chi connectivity index (χ2n) is 7.24. The van der Waals surface area contributed by atoms with Crippen molar-refractivity contribution in [1.29, 1.82) is 0 Å².